The molecule has 0 saturated carbocycles. The summed E-state index contributed by atoms with van der Waals surface area (Å²) in [6.45, 7) is 0.514. The minimum Gasteiger partial charge on any atom is -0.497 e. The first-order valence-corrected chi connectivity index (χ1v) is 11.7. The van der Waals surface area contributed by atoms with E-state index in [2.05, 4.69) is 4.72 Å². The lowest BCUT2D eigenvalue weighted by molar-refractivity contribution is 0.0989. The second kappa shape index (κ2) is 9.03. The number of anilines is 2. The van der Waals surface area contributed by atoms with Crippen LogP contribution < -0.4 is 23.8 Å². The van der Waals surface area contributed by atoms with Crippen LogP contribution >= 0.6 is 0 Å². The van der Waals surface area contributed by atoms with Crippen molar-refractivity contribution in [2.75, 3.05) is 37.5 Å². The molecule has 1 N–H and O–H groups in total. The molecular weight excluding hydrogens is 444 g/mol. The zero-order chi connectivity index (χ0) is 23.6. The molecule has 8 nitrogen and oxygen atoms in total. The Labute approximate surface area is 192 Å². The molecule has 1 heterocycles. The predicted octanol–water partition coefficient (Wildman–Crippen LogP) is 3.72. The zero-order valence-electron chi connectivity index (χ0n) is 18.5. The Morgan fingerprint density at radius 1 is 0.879 bits per heavy atom. The Kier molecular flexibility index (Phi) is 6.15. The Balaban J connectivity index is 1.63. The first-order chi connectivity index (χ1) is 15.9. The van der Waals surface area contributed by atoms with E-state index in [-0.39, 0.29) is 16.6 Å². The van der Waals surface area contributed by atoms with Crippen molar-refractivity contribution in [2.24, 2.45) is 0 Å². The van der Waals surface area contributed by atoms with E-state index in [0.717, 1.165) is 5.56 Å². The number of carbonyl (C=O) groups is 1. The van der Waals surface area contributed by atoms with Gasteiger partial charge in [-0.2, -0.15) is 0 Å². The number of hydrogen-bond acceptors (Lipinski definition) is 6. The van der Waals surface area contributed by atoms with Gasteiger partial charge in [-0.05, 0) is 60.5 Å². The average molecular weight is 469 g/mol. The minimum absolute atomic E-state index is 0.0454. The van der Waals surface area contributed by atoms with Crippen LogP contribution in [0, 0.1) is 0 Å². The van der Waals surface area contributed by atoms with E-state index in [9.17, 15) is 13.2 Å². The highest BCUT2D eigenvalue weighted by Gasteiger charge is 2.27. The summed E-state index contributed by atoms with van der Waals surface area (Å²) in [5.74, 6) is 1.09. The third kappa shape index (κ3) is 4.45. The first kappa shape index (κ1) is 22.5. The third-order valence-corrected chi connectivity index (χ3v) is 6.88. The molecule has 0 atom stereocenters. The van der Waals surface area contributed by atoms with Crippen LogP contribution in [0.2, 0.25) is 0 Å². The highest BCUT2D eigenvalue weighted by Crippen LogP contribution is 2.34. The normalized spacial score (nSPS) is 12.8. The van der Waals surface area contributed by atoms with Crippen molar-refractivity contribution in [3.05, 3.63) is 71.8 Å². The number of ether oxygens (including phenoxy) is 3. The maximum Gasteiger partial charge on any atom is 0.265 e. The van der Waals surface area contributed by atoms with Crippen molar-refractivity contribution < 1.29 is 27.4 Å². The Bertz CT molecular complexity index is 1290. The van der Waals surface area contributed by atoms with Crippen LogP contribution in [0.15, 0.2) is 65.6 Å². The fourth-order valence-corrected chi connectivity index (χ4v) is 4.98. The molecule has 0 fully saturated rings. The molecule has 0 aromatic heterocycles. The second-order valence-corrected chi connectivity index (χ2v) is 9.05. The molecule has 33 heavy (non-hydrogen) atoms. The number of rotatable bonds is 7. The molecule has 1 amide bonds. The second-order valence-electron chi connectivity index (χ2n) is 7.40. The van der Waals surface area contributed by atoms with Gasteiger partial charge in [0.1, 0.15) is 22.1 Å². The van der Waals surface area contributed by atoms with Crippen molar-refractivity contribution in [3.8, 4) is 17.2 Å². The topological polar surface area (TPSA) is 94.2 Å². The van der Waals surface area contributed by atoms with E-state index >= 15 is 0 Å². The highest BCUT2D eigenvalue weighted by atomic mass is 32.2. The average Bonchev–Trinajstić information content (AvgIpc) is 3.26. The zero-order valence-corrected chi connectivity index (χ0v) is 19.3. The molecule has 9 heteroatoms. The standard InChI is InChI=1S/C24H24N2O6S/c1-30-19-8-5-17(6-9-19)24(27)26-13-12-16-4-7-18(14-21(16)26)25-33(28,29)23-15-20(31-2)10-11-22(23)32-3/h4-11,14-15,25H,12-13H2,1-3H3. The molecule has 0 spiro atoms. The van der Waals surface area contributed by atoms with Gasteiger partial charge in [-0.25, -0.2) is 8.42 Å². The molecule has 3 aromatic carbocycles. The van der Waals surface area contributed by atoms with E-state index < -0.39 is 10.0 Å². The monoisotopic (exact) mass is 468 g/mol. The summed E-state index contributed by atoms with van der Waals surface area (Å²) in [5, 5.41) is 0. The van der Waals surface area contributed by atoms with Gasteiger partial charge < -0.3 is 19.1 Å². The van der Waals surface area contributed by atoms with Crippen LogP contribution in [0.4, 0.5) is 11.4 Å². The van der Waals surface area contributed by atoms with Gasteiger partial charge in [-0.3, -0.25) is 9.52 Å². The number of methoxy groups -OCH3 is 3. The molecular formula is C24H24N2O6S. The lowest BCUT2D eigenvalue weighted by atomic mass is 10.1. The van der Waals surface area contributed by atoms with E-state index in [1.54, 1.807) is 54.5 Å². The summed E-state index contributed by atoms with van der Waals surface area (Å²) in [6, 6.07) is 16.6. The van der Waals surface area contributed by atoms with Crippen molar-refractivity contribution in [3.63, 3.8) is 0 Å². The van der Waals surface area contributed by atoms with E-state index in [4.69, 9.17) is 14.2 Å². The maximum atomic E-state index is 13.1. The number of carbonyl (C=O) groups excluding carboxylic acids is 1. The molecule has 3 aromatic rings. The quantitative estimate of drug-likeness (QED) is 0.568. The molecule has 1 aliphatic rings. The van der Waals surface area contributed by atoms with Crippen molar-refractivity contribution >= 4 is 27.3 Å². The van der Waals surface area contributed by atoms with Crippen molar-refractivity contribution in [2.45, 2.75) is 11.3 Å². The predicted molar refractivity (Wildman–Crippen MR) is 125 cm³/mol. The van der Waals surface area contributed by atoms with E-state index in [1.165, 1.54) is 26.4 Å². The fourth-order valence-electron chi connectivity index (χ4n) is 3.75. The van der Waals surface area contributed by atoms with Gasteiger partial charge in [0, 0.05) is 23.9 Å². The molecule has 1 aliphatic heterocycles. The van der Waals surface area contributed by atoms with E-state index in [0.29, 0.717) is 41.4 Å². The third-order valence-electron chi connectivity index (χ3n) is 5.48. The summed E-state index contributed by atoms with van der Waals surface area (Å²) < 4.78 is 44.3. The van der Waals surface area contributed by atoms with E-state index in [1.807, 2.05) is 6.07 Å². The van der Waals surface area contributed by atoms with Crippen LogP contribution in [0.1, 0.15) is 15.9 Å². The fraction of sp³-hybridized carbons (Fsp3) is 0.208. The number of fused-ring (bicyclic) bond motifs is 1. The van der Waals surface area contributed by atoms with Gasteiger partial charge in [0.15, 0.2) is 0 Å². The van der Waals surface area contributed by atoms with Crippen LogP contribution in [-0.2, 0) is 16.4 Å². The molecule has 0 bridgehead atoms. The Hall–Kier alpha value is -3.72. The van der Waals surface area contributed by atoms with Crippen molar-refractivity contribution in [1.82, 2.24) is 0 Å². The molecule has 172 valence electrons. The van der Waals surface area contributed by atoms with Gasteiger partial charge in [0.25, 0.3) is 15.9 Å². The number of amides is 1. The van der Waals surface area contributed by atoms with Gasteiger partial charge >= 0.3 is 0 Å². The Morgan fingerprint density at radius 3 is 2.24 bits per heavy atom. The number of sulfonamides is 1. The highest BCUT2D eigenvalue weighted by molar-refractivity contribution is 7.92. The van der Waals surface area contributed by atoms with Crippen LogP contribution in [0.25, 0.3) is 0 Å². The van der Waals surface area contributed by atoms with Gasteiger partial charge in [0.2, 0.25) is 0 Å². The summed E-state index contributed by atoms with van der Waals surface area (Å²) >= 11 is 0. The lowest BCUT2D eigenvalue weighted by Gasteiger charge is -2.19. The SMILES string of the molecule is COc1ccc(C(=O)N2CCc3ccc(NS(=O)(=O)c4cc(OC)ccc4OC)cc32)cc1. The molecule has 0 aliphatic carbocycles. The maximum absolute atomic E-state index is 13.1. The largest absolute Gasteiger partial charge is 0.497 e. The summed E-state index contributed by atoms with van der Waals surface area (Å²) in [5.41, 5.74) is 2.51. The van der Waals surface area contributed by atoms with Gasteiger partial charge in [-0.1, -0.05) is 6.07 Å². The van der Waals surface area contributed by atoms with Crippen LogP contribution in [0.3, 0.4) is 0 Å². The summed E-state index contributed by atoms with van der Waals surface area (Å²) in [6.07, 6.45) is 0.688. The lowest BCUT2D eigenvalue weighted by Crippen LogP contribution is -2.28. The van der Waals surface area contributed by atoms with Crippen molar-refractivity contribution in [1.29, 1.82) is 0 Å². The molecule has 0 radical (unpaired) electrons. The number of nitrogens with zero attached hydrogens (tertiary/aromatic N) is 1. The number of hydrogen-bond donors (Lipinski definition) is 1. The summed E-state index contributed by atoms with van der Waals surface area (Å²) in [7, 11) is 0.451. The molecule has 0 saturated heterocycles. The minimum atomic E-state index is -3.98. The van der Waals surface area contributed by atoms with Gasteiger partial charge in [0.05, 0.1) is 27.0 Å². The Morgan fingerprint density at radius 2 is 1.58 bits per heavy atom. The molecule has 0 unspecified atom stereocenters. The smallest absolute Gasteiger partial charge is 0.265 e. The molecule has 4 rings (SSSR count). The van der Waals surface area contributed by atoms with Crippen LogP contribution in [-0.4, -0.2) is 42.2 Å². The summed E-state index contributed by atoms with van der Waals surface area (Å²) in [4.78, 5) is 14.7. The van der Waals surface area contributed by atoms with Crippen LogP contribution in [0.5, 0.6) is 17.2 Å². The van der Waals surface area contributed by atoms with Gasteiger partial charge in [-0.15, -0.1) is 0 Å². The first-order valence-electron chi connectivity index (χ1n) is 10.2. The number of benzene rings is 3. The number of nitrogens with one attached hydrogen (secondary N) is 1.